The molecule has 30 heavy (non-hydrogen) atoms. The summed E-state index contributed by atoms with van der Waals surface area (Å²) in [6.45, 7) is 3.30. The molecule has 1 fully saturated rings. The predicted molar refractivity (Wildman–Crippen MR) is 117 cm³/mol. The van der Waals surface area contributed by atoms with Crippen LogP contribution in [0.2, 0.25) is 0 Å². The van der Waals surface area contributed by atoms with Gasteiger partial charge in [-0.3, -0.25) is 13.6 Å². The van der Waals surface area contributed by atoms with E-state index in [9.17, 15) is 4.57 Å². The van der Waals surface area contributed by atoms with Crippen molar-refractivity contribution in [1.82, 2.24) is 4.90 Å². The first-order chi connectivity index (χ1) is 14.7. The topological polar surface area (TPSA) is 57.2 Å². The van der Waals surface area contributed by atoms with Gasteiger partial charge in [0.1, 0.15) is 6.10 Å². The normalized spacial score (nSPS) is 16.4. The number of phosphoric ester groups is 1. The number of hydrogen-bond acceptors (Lipinski definition) is 6. The number of piperidine rings is 1. The van der Waals surface area contributed by atoms with Crippen LogP contribution in [0.5, 0.6) is 0 Å². The third-order valence-corrected chi connectivity index (χ3v) is 6.45. The zero-order valence-electron chi connectivity index (χ0n) is 17.7. The van der Waals surface area contributed by atoms with Crippen LogP contribution < -0.4 is 0 Å². The van der Waals surface area contributed by atoms with Crippen LogP contribution in [0.25, 0.3) is 0 Å². The zero-order chi connectivity index (χ0) is 21.1. The lowest BCUT2D eigenvalue weighted by molar-refractivity contribution is 0.00975. The Hall–Kier alpha value is -1.53. The largest absolute Gasteiger partial charge is 0.475 e. The number of likely N-dealkylation sites (tertiary alicyclic amines) is 1. The number of rotatable bonds is 12. The van der Waals surface area contributed by atoms with Crippen LogP contribution in [0.4, 0.5) is 0 Å². The maximum absolute atomic E-state index is 13.5. The predicted octanol–water partition coefficient (Wildman–Crippen LogP) is 5.05. The number of phosphoric acid groups is 1. The molecule has 0 spiro atoms. The van der Waals surface area contributed by atoms with Crippen molar-refractivity contribution in [3.8, 4) is 0 Å². The molecule has 0 N–H and O–H groups in total. The molecule has 1 atom stereocenters. The van der Waals surface area contributed by atoms with Gasteiger partial charge in [0.15, 0.2) is 0 Å². The van der Waals surface area contributed by atoms with Gasteiger partial charge in [-0.1, -0.05) is 67.1 Å². The molecule has 7 heteroatoms. The van der Waals surface area contributed by atoms with Crippen molar-refractivity contribution in [2.24, 2.45) is 0 Å². The summed E-state index contributed by atoms with van der Waals surface area (Å²) in [6.07, 6.45) is 3.20. The minimum atomic E-state index is -3.81. The molecule has 1 heterocycles. The molecule has 2 aromatic carbocycles. The van der Waals surface area contributed by atoms with E-state index in [1.807, 2.05) is 60.7 Å². The van der Waals surface area contributed by atoms with Crippen molar-refractivity contribution in [1.29, 1.82) is 0 Å². The highest BCUT2D eigenvalue weighted by Crippen LogP contribution is 2.52. The van der Waals surface area contributed by atoms with E-state index in [0.29, 0.717) is 13.2 Å². The Balaban J connectivity index is 1.67. The number of methoxy groups -OCH3 is 1. The van der Waals surface area contributed by atoms with Crippen LogP contribution in [-0.4, -0.2) is 44.4 Å². The molecule has 3 rings (SSSR count). The fourth-order valence-electron chi connectivity index (χ4n) is 3.47. The summed E-state index contributed by atoms with van der Waals surface area (Å²) < 4.78 is 36.3. The number of hydrogen-bond donors (Lipinski definition) is 0. The Kier molecular flexibility index (Phi) is 9.53. The summed E-state index contributed by atoms with van der Waals surface area (Å²) in [6, 6.07) is 19.2. The van der Waals surface area contributed by atoms with Gasteiger partial charge in [0, 0.05) is 13.7 Å². The summed E-state index contributed by atoms with van der Waals surface area (Å²) in [7, 11) is -2.19. The van der Waals surface area contributed by atoms with Crippen LogP contribution in [0, 0.1) is 0 Å². The molecule has 6 nitrogen and oxygen atoms in total. The summed E-state index contributed by atoms with van der Waals surface area (Å²) in [5, 5.41) is 0. The average molecular weight is 433 g/mol. The second kappa shape index (κ2) is 12.4. The first-order valence-corrected chi connectivity index (χ1v) is 12.0. The average Bonchev–Trinajstić information content (AvgIpc) is 2.79. The summed E-state index contributed by atoms with van der Waals surface area (Å²) in [5.41, 5.74) is 1.81. The van der Waals surface area contributed by atoms with Crippen molar-refractivity contribution < 1.29 is 22.9 Å². The summed E-state index contributed by atoms with van der Waals surface area (Å²) in [4.78, 5) is 2.33. The Morgan fingerprint density at radius 1 is 0.867 bits per heavy atom. The Morgan fingerprint density at radius 3 is 1.90 bits per heavy atom. The van der Waals surface area contributed by atoms with Gasteiger partial charge in [-0.25, -0.2) is 4.57 Å². The van der Waals surface area contributed by atoms with Crippen molar-refractivity contribution in [2.45, 2.75) is 38.6 Å². The molecule has 0 aromatic heterocycles. The maximum Gasteiger partial charge on any atom is 0.475 e. The third kappa shape index (κ3) is 7.95. The second-order valence-corrected chi connectivity index (χ2v) is 9.13. The van der Waals surface area contributed by atoms with Gasteiger partial charge in [0.25, 0.3) is 0 Å². The number of nitrogens with zero attached hydrogens (tertiary/aromatic N) is 1. The van der Waals surface area contributed by atoms with Crippen LogP contribution in [-0.2, 0) is 36.1 Å². The molecular formula is C23H32NO5P. The standard InChI is InChI=1S/C23H32NO5P/c1-26-20-23(17-24-15-9-4-10-16-24)29-30(25,27-18-21-11-5-2-6-12-21)28-19-22-13-7-3-8-14-22/h2-3,5-8,11-14,23H,4,9-10,15-20H2,1H3/t23-/m0/s1. The maximum atomic E-state index is 13.5. The van der Waals surface area contributed by atoms with Gasteiger partial charge in [-0.2, -0.15) is 0 Å². The van der Waals surface area contributed by atoms with E-state index in [0.717, 1.165) is 24.2 Å². The highest BCUT2D eigenvalue weighted by atomic mass is 31.2. The fourth-order valence-corrected chi connectivity index (χ4v) is 4.77. The van der Waals surface area contributed by atoms with Crippen LogP contribution in [0.1, 0.15) is 30.4 Å². The molecule has 2 aromatic rings. The molecule has 0 unspecified atom stereocenters. The molecule has 1 aliphatic rings. The number of benzene rings is 2. The van der Waals surface area contributed by atoms with Gasteiger partial charge in [0.2, 0.25) is 0 Å². The van der Waals surface area contributed by atoms with Crippen LogP contribution >= 0.6 is 7.82 Å². The smallest absolute Gasteiger partial charge is 0.382 e. The second-order valence-electron chi connectivity index (χ2n) is 7.51. The van der Waals surface area contributed by atoms with Gasteiger partial charge in [0.05, 0.1) is 19.8 Å². The third-order valence-electron chi connectivity index (χ3n) is 5.01. The Labute approximate surface area is 179 Å². The molecule has 164 valence electrons. The SMILES string of the molecule is COC[C@H](CN1CCCCC1)OP(=O)(OCc1ccccc1)OCc1ccccc1. The van der Waals surface area contributed by atoms with Crippen molar-refractivity contribution in [3.05, 3.63) is 71.8 Å². The van der Waals surface area contributed by atoms with Crippen molar-refractivity contribution >= 4 is 7.82 Å². The highest BCUT2D eigenvalue weighted by molar-refractivity contribution is 7.48. The summed E-state index contributed by atoms with van der Waals surface area (Å²) >= 11 is 0. The van der Waals surface area contributed by atoms with E-state index >= 15 is 0 Å². The number of ether oxygens (including phenoxy) is 1. The molecule has 0 amide bonds. The van der Waals surface area contributed by atoms with Gasteiger partial charge in [-0.15, -0.1) is 0 Å². The molecular weight excluding hydrogens is 401 g/mol. The van der Waals surface area contributed by atoms with Crippen LogP contribution in [0.3, 0.4) is 0 Å². The lowest BCUT2D eigenvalue weighted by atomic mass is 10.1. The summed E-state index contributed by atoms with van der Waals surface area (Å²) in [5.74, 6) is 0. The highest BCUT2D eigenvalue weighted by Gasteiger charge is 2.32. The van der Waals surface area contributed by atoms with E-state index in [4.69, 9.17) is 18.3 Å². The molecule has 0 aliphatic carbocycles. The molecule has 0 radical (unpaired) electrons. The monoisotopic (exact) mass is 433 g/mol. The van der Waals surface area contributed by atoms with Crippen molar-refractivity contribution in [2.75, 3.05) is 33.4 Å². The molecule has 1 aliphatic heterocycles. The molecule has 1 saturated heterocycles. The zero-order valence-corrected chi connectivity index (χ0v) is 18.5. The quantitative estimate of drug-likeness (QED) is 0.437. The van der Waals surface area contributed by atoms with Crippen molar-refractivity contribution in [3.63, 3.8) is 0 Å². The molecule has 0 bridgehead atoms. The lowest BCUT2D eigenvalue weighted by Gasteiger charge is -2.31. The van der Waals surface area contributed by atoms with E-state index in [2.05, 4.69) is 4.90 Å². The minimum Gasteiger partial charge on any atom is -0.382 e. The van der Waals surface area contributed by atoms with Crippen LogP contribution in [0.15, 0.2) is 60.7 Å². The van der Waals surface area contributed by atoms with E-state index in [1.54, 1.807) is 7.11 Å². The Bertz CT molecular complexity index is 720. The molecule has 0 saturated carbocycles. The van der Waals surface area contributed by atoms with Gasteiger partial charge in [-0.05, 0) is 37.1 Å². The van der Waals surface area contributed by atoms with Gasteiger partial charge >= 0.3 is 7.82 Å². The van der Waals surface area contributed by atoms with Gasteiger partial charge < -0.3 is 9.64 Å². The first kappa shape index (κ1) is 23.1. The lowest BCUT2D eigenvalue weighted by Crippen LogP contribution is -2.39. The van der Waals surface area contributed by atoms with E-state index in [-0.39, 0.29) is 13.2 Å². The first-order valence-electron chi connectivity index (χ1n) is 10.5. The minimum absolute atomic E-state index is 0.149. The Morgan fingerprint density at radius 2 is 1.40 bits per heavy atom. The van der Waals surface area contributed by atoms with E-state index in [1.165, 1.54) is 19.3 Å². The van der Waals surface area contributed by atoms with E-state index < -0.39 is 13.9 Å². The fraction of sp³-hybridized carbons (Fsp3) is 0.478.